The summed E-state index contributed by atoms with van der Waals surface area (Å²) in [5, 5.41) is 4.99. The first-order chi connectivity index (χ1) is 35.1. The van der Waals surface area contributed by atoms with Crippen LogP contribution in [-0.4, -0.2) is 0 Å². The van der Waals surface area contributed by atoms with Crippen LogP contribution in [0.15, 0.2) is 279 Å². The van der Waals surface area contributed by atoms with Crippen LogP contribution in [0.2, 0.25) is 0 Å². The summed E-state index contributed by atoms with van der Waals surface area (Å²) in [7, 11) is 0. The lowest BCUT2D eigenvalue weighted by atomic mass is 9.73. The summed E-state index contributed by atoms with van der Waals surface area (Å²) in [6.45, 7) is 2.42. The van der Waals surface area contributed by atoms with Crippen LogP contribution in [0.4, 0.5) is 17.1 Å². The molecule has 0 N–H and O–H groups in total. The first kappa shape index (κ1) is 42.1. The minimum Gasteiger partial charge on any atom is -0.310 e. The first-order valence-corrected chi connectivity index (χ1v) is 24.7. The fourth-order valence-corrected chi connectivity index (χ4v) is 11.6. The molecule has 0 radical (unpaired) electrons. The van der Waals surface area contributed by atoms with Crippen LogP contribution in [0.1, 0.15) is 23.6 Å². The molecule has 13 rings (SSSR count). The van der Waals surface area contributed by atoms with E-state index in [1.54, 1.807) is 0 Å². The number of nitrogens with zero attached hydrogens (tertiary/aromatic N) is 1. The topological polar surface area (TPSA) is 3.24 Å². The zero-order valence-corrected chi connectivity index (χ0v) is 39.5. The highest BCUT2D eigenvalue weighted by Crippen LogP contribution is 2.57. The van der Waals surface area contributed by atoms with Crippen molar-refractivity contribution in [2.24, 2.45) is 0 Å². The quantitative estimate of drug-likeness (QED) is 0.130. The lowest BCUT2D eigenvalue weighted by Gasteiger charge is -2.35. The molecule has 0 spiro atoms. The summed E-state index contributed by atoms with van der Waals surface area (Å²) < 4.78 is 0. The van der Waals surface area contributed by atoms with Gasteiger partial charge in [0, 0.05) is 16.8 Å². The van der Waals surface area contributed by atoms with Gasteiger partial charge >= 0.3 is 0 Å². The fraction of sp³-hybridized carbons (Fsp3) is 0.0286. The Morgan fingerprint density at radius 3 is 1.39 bits per heavy atom. The first-order valence-electron chi connectivity index (χ1n) is 24.7. The standard InChI is InChI=1S/C70H49N/c1-70(56-27-12-5-13-28-56)65-34-17-16-31-61(65)63-33-19-35-66(69(63)70)71(57-43-40-51(41-44-57)50-38-36-49(37-39-50)48-20-6-2-7-21-48)58-29-18-26-54(46-58)55-42-45-60-59-30-14-15-32-62(59)67(52-22-8-3-9-23-52)68(64(60)47-55)53-24-10-4-11-25-53/h2-47H,1H3. The lowest BCUT2D eigenvalue weighted by molar-refractivity contribution is 0.714. The normalized spacial score (nSPS) is 13.8. The third kappa shape index (κ3) is 7.17. The van der Waals surface area contributed by atoms with Gasteiger partial charge in [-0.25, -0.2) is 0 Å². The van der Waals surface area contributed by atoms with Crippen molar-refractivity contribution in [3.05, 3.63) is 296 Å². The molecule has 1 nitrogen and oxygen atoms in total. The van der Waals surface area contributed by atoms with Gasteiger partial charge < -0.3 is 4.90 Å². The molecule has 1 aliphatic rings. The van der Waals surface area contributed by atoms with E-state index in [0.717, 1.165) is 22.6 Å². The molecule has 0 bridgehead atoms. The highest BCUT2D eigenvalue weighted by Gasteiger charge is 2.43. The Bertz CT molecular complexity index is 3900. The number of fused-ring (bicyclic) bond motifs is 6. The van der Waals surface area contributed by atoms with Crippen molar-refractivity contribution >= 4 is 38.6 Å². The van der Waals surface area contributed by atoms with Crippen LogP contribution in [0, 0.1) is 0 Å². The molecule has 0 fully saturated rings. The molecule has 1 aliphatic carbocycles. The van der Waals surface area contributed by atoms with Gasteiger partial charge in [0.05, 0.1) is 5.69 Å². The van der Waals surface area contributed by atoms with Crippen LogP contribution in [0.25, 0.3) is 88.3 Å². The lowest BCUT2D eigenvalue weighted by Crippen LogP contribution is -2.25. The van der Waals surface area contributed by atoms with Crippen molar-refractivity contribution in [3.63, 3.8) is 0 Å². The largest absolute Gasteiger partial charge is 0.310 e. The van der Waals surface area contributed by atoms with Crippen molar-refractivity contribution in [1.82, 2.24) is 0 Å². The van der Waals surface area contributed by atoms with Crippen LogP contribution in [0.5, 0.6) is 0 Å². The Morgan fingerprint density at radius 1 is 0.282 bits per heavy atom. The Hall–Kier alpha value is -9.04. The monoisotopic (exact) mass is 903 g/mol. The molecule has 0 saturated carbocycles. The smallest absolute Gasteiger partial charge is 0.0512 e. The van der Waals surface area contributed by atoms with E-state index in [1.807, 2.05) is 0 Å². The predicted octanol–water partition coefficient (Wildman–Crippen LogP) is 19.1. The van der Waals surface area contributed by atoms with Gasteiger partial charge in [-0.1, -0.05) is 243 Å². The summed E-state index contributed by atoms with van der Waals surface area (Å²) in [6, 6.07) is 103. The maximum Gasteiger partial charge on any atom is 0.0512 e. The van der Waals surface area contributed by atoms with E-state index >= 15 is 0 Å². The second-order valence-electron chi connectivity index (χ2n) is 18.9. The number of rotatable bonds is 9. The van der Waals surface area contributed by atoms with Crippen molar-refractivity contribution in [2.75, 3.05) is 4.90 Å². The molecule has 0 aromatic heterocycles. The van der Waals surface area contributed by atoms with Crippen molar-refractivity contribution < 1.29 is 0 Å². The molecular weight excluding hydrogens is 855 g/mol. The predicted molar refractivity (Wildman–Crippen MR) is 301 cm³/mol. The van der Waals surface area contributed by atoms with Crippen LogP contribution >= 0.6 is 0 Å². The van der Waals surface area contributed by atoms with Crippen molar-refractivity contribution in [2.45, 2.75) is 12.3 Å². The molecule has 1 atom stereocenters. The van der Waals surface area contributed by atoms with E-state index in [9.17, 15) is 0 Å². The van der Waals surface area contributed by atoms with Crippen molar-refractivity contribution in [1.29, 1.82) is 0 Å². The van der Waals surface area contributed by atoms with Gasteiger partial charge in [0.1, 0.15) is 0 Å². The maximum atomic E-state index is 2.50. The summed E-state index contributed by atoms with van der Waals surface area (Å²) in [5.41, 5.74) is 21.4. The molecule has 0 amide bonds. The molecule has 1 unspecified atom stereocenters. The Morgan fingerprint density at radius 2 is 0.732 bits per heavy atom. The van der Waals surface area contributed by atoms with E-state index in [-0.39, 0.29) is 0 Å². The van der Waals surface area contributed by atoms with E-state index in [4.69, 9.17) is 0 Å². The number of anilines is 3. The van der Waals surface area contributed by atoms with Gasteiger partial charge in [-0.05, 0) is 148 Å². The van der Waals surface area contributed by atoms with E-state index in [2.05, 4.69) is 291 Å². The van der Waals surface area contributed by atoms with Crippen LogP contribution < -0.4 is 4.90 Å². The molecule has 1 heteroatoms. The van der Waals surface area contributed by atoms with Crippen LogP contribution in [0.3, 0.4) is 0 Å². The Balaban J connectivity index is 1.00. The van der Waals surface area contributed by atoms with Gasteiger partial charge in [0.2, 0.25) is 0 Å². The van der Waals surface area contributed by atoms with E-state index < -0.39 is 5.41 Å². The maximum absolute atomic E-state index is 2.50. The average molecular weight is 904 g/mol. The average Bonchev–Trinajstić information content (AvgIpc) is 3.72. The molecule has 334 valence electrons. The highest BCUT2D eigenvalue weighted by atomic mass is 15.1. The molecule has 12 aromatic rings. The SMILES string of the molecule is CC1(c2ccccc2)c2ccccc2-c2cccc(N(c3ccc(-c4ccc(-c5ccccc5)cc4)cc3)c3cccc(-c4ccc5c(c4)c(-c4ccccc4)c(-c4ccccc4)c4ccccc45)c3)c21. The molecule has 0 heterocycles. The van der Waals surface area contributed by atoms with Gasteiger partial charge in [-0.3, -0.25) is 0 Å². The molecule has 71 heavy (non-hydrogen) atoms. The second kappa shape index (κ2) is 17.5. The molecule has 0 saturated heterocycles. The molecular formula is C70H49N. The van der Waals surface area contributed by atoms with E-state index in [1.165, 1.54) is 99.4 Å². The van der Waals surface area contributed by atoms with E-state index in [0.29, 0.717) is 0 Å². The molecule has 0 aliphatic heterocycles. The summed E-state index contributed by atoms with van der Waals surface area (Å²) in [4.78, 5) is 2.50. The van der Waals surface area contributed by atoms with Gasteiger partial charge in [0.15, 0.2) is 0 Å². The third-order valence-electron chi connectivity index (χ3n) is 14.9. The minimum absolute atomic E-state index is 0.411. The third-order valence-corrected chi connectivity index (χ3v) is 14.9. The Labute approximate surface area is 416 Å². The minimum atomic E-state index is -0.411. The summed E-state index contributed by atoms with van der Waals surface area (Å²) in [6.07, 6.45) is 0. The summed E-state index contributed by atoms with van der Waals surface area (Å²) in [5.74, 6) is 0. The number of hydrogen-bond acceptors (Lipinski definition) is 1. The summed E-state index contributed by atoms with van der Waals surface area (Å²) >= 11 is 0. The zero-order valence-electron chi connectivity index (χ0n) is 39.5. The van der Waals surface area contributed by atoms with Crippen molar-refractivity contribution in [3.8, 4) is 66.8 Å². The second-order valence-corrected chi connectivity index (χ2v) is 18.9. The van der Waals surface area contributed by atoms with Crippen LogP contribution in [-0.2, 0) is 5.41 Å². The molecule has 12 aromatic carbocycles. The van der Waals surface area contributed by atoms with Gasteiger partial charge in [-0.2, -0.15) is 0 Å². The number of benzene rings is 12. The Kier molecular flexibility index (Phi) is 10.4. The zero-order chi connectivity index (χ0) is 47.3. The fourth-order valence-electron chi connectivity index (χ4n) is 11.6. The number of hydrogen-bond donors (Lipinski definition) is 0. The van der Waals surface area contributed by atoms with Gasteiger partial charge in [0.25, 0.3) is 0 Å². The van der Waals surface area contributed by atoms with Gasteiger partial charge in [-0.15, -0.1) is 0 Å². The highest BCUT2D eigenvalue weighted by molar-refractivity contribution is 6.22.